The zero-order chi connectivity index (χ0) is 15.4. The Labute approximate surface area is 131 Å². The molecule has 1 atom stereocenters. The molecule has 0 radical (unpaired) electrons. The van der Waals surface area contributed by atoms with Gasteiger partial charge in [-0.3, -0.25) is 0 Å². The molecule has 3 heteroatoms. The first-order valence-electron chi connectivity index (χ1n) is 7.25. The van der Waals surface area contributed by atoms with Crippen LogP contribution in [0, 0.1) is 19.7 Å². The Kier molecular flexibility index (Phi) is 5.38. The van der Waals surface area contributed by atoms with E-state index in [1.165, 1.54) is 23.3 Å². The van der Waals surface area contributed by atoms with Gasteiger partial charge in [0.25, 0.3) is 0 Å². The number of benzene rings is 2. The summed E-state index contributed by atoms with van der Waals surface area (Å²) in [4.78, 5) is 0. The Morgan fingerprint density at radius 1 is 1.10 bits per heavy atom. The van der Waals surface area contributed by atoms with Gasteiger partial charge in [-0.25, -0.2) is 4.39 Å². The summed E-state index contributed by atoms with van der Waals surface area (Å²) in [5, 5.41) is 4.25. The second-order valence-electron chi connectivity index (χ2n) is 5.40. The van der Waals surface area contributed by atoms with Gasteiger partial charge in [-0.2, -0.15) is 0 Å². The first kappa shape index (κ1) is 16.0. The Balaban J connectivity index is 2.30. The van der Waals surface area contributed by atoms with Crippen LogP contribution < -0.4 is 5.32 Å². The van der Waals surface area contributed by atoms with Gasteiger partial charge < -0.3 is 5.32 Å². The molecule has 0 bridgehead atoms. The minimum absolute atomic E-state index is 0.132. The summed E-state index contributed by atoms with van der Waals surface area (Å²) in [5.41, 5.74) is 4.62. The monoisotopic (exact) mass is 305 g/mol. The summed E-state index contributed by atoms with van der Waals surface area (Å²) in [6.45, 7) is 7.09. The predicted molar refractivity (Wildman–Crippen MR) is 87.4 cm³/mol. The molecule has 2 rings (SSSR count). The van der Waals surface area contributed by atoms with Crippen LogP contribution in [0.1, 0.15) is 35.2 Å². The maximum atomic E-state index is 13.0. The van der Waals surface area contributed by atoms with Crippen LogP contribution >= 0.6 is 11.6 Å². The highest BCUT2D eigenvalue weighted by atomic mass is 35.5. The van der Waals surface area contributed by atoms with E-state index in [0.29, 0.717) is 0 Å². The smallest absolute Gasteiger partial charge is 0.123 e. The molecule has 2 aromatic rings. The molecular formula is C18H21ClFN. The van der Waals surface area contributed by atoms with Gasteiger partial charge in [-0.05, 0) is 67.3 Å². The molecule has 0 saturated carbocycles. The molecule has 0 aliphatic rings. The molecule has 112 valence electrons. The molecule has 0 aromatic heterocycles. The first-order chi connectivity index (χ1) is 10.0. The molecule has 0 aliphatic carbocycles. The van der Waals surface area contributed by atoms with E-state index in [1.54, 1.807) is 0 Å². The van der Waals surface area contributed by atoms with Gasteiger partial charge in [0.2, 0.25) is 0 Å². The summed E-state index contributed by atoms with van der Waals surface area (Å²) in [5.74, 6) is -0.206. The topological polar surface area (TPSA) is 12.0 Å². The van der Waals surface area contributed by atoms with Crippen LogP contribution in [0.5, 0.6) is 0 Å². The molecule has 0 fully saturated rings. The quantitative estimate of drug-likeness (QED) is 0.820. The number of nitrogens with one attached hydrogen (secondary N) is 1. The van der Waals surface area contributed by atoms with Crippen molar-refractivity contribution >= 4 is 11.6 Å². The van der Waals surface area contributed by atoms with Crippen molar-refractivity contribution in [3.8, 4) is 0 Å². The van der Waals surface area contributed by atoms with E-state index in [4.69, 9.17) is 11.6 Å². The van der Waals surface area contributed by atoms with E-state index in [0.717, 1.165) is 29.1 Å². The van der Waals surface area contributed by atoms with Crippen molar-refractivity contribution in [2.45, 2.75) is 33.2 Å². The molecule has 0 amide bonds. The molecule has 0 spiro atoms. The fourth-order valence-corrected chi connectivity index (χ4v) is 2.81. The molecule has 0 saturated heterocycles. The van der Waals surface area contributed by atoms with Gasteiger partial charge in [-0.1, -0.05) is 36.7 Å². The zero-order valence-electron chi connectivity index (χ0n) is 12.7. The third-order valence-electron chi connectivity index (χ3n) is 3.79. The first-order valence-corrected chi connectivity index (χ1v) is 7.63. The predicted octanol–water partition coefficient (Wildman–Crippen LogP) is 4.99. The van der Waals surface area contributed by atoms with Gasteiger partial charge in [0.1, 0.15) is 5.82 Å². The van der Waals surface area contributed by atoms with E-state index in [1.807, 2.05) is 18.2 Å². The summed E-state index contributed by atoms with van der Waals surface area (Å²) in [7, 11) is 0. The molecule has 1 unspecified atom stereocenters. The van der Waals surface area contributed by atoms with Crippen LogP contribution in [0.4, 0.5) is 4.39 Å². The lowest BCUT2D eigenvalue weighted by molar-refractivity contribution is 0.548. The molecule has 21 heavy (non-hydrogen) atoms. The van der Waals surface area contributed by atoms with E-state index in [9.17, 15) is 4.39 Å². The average Bonchev–Trinajstić information content (AvgIpc) is 2.45. The van der Waals surface area contributed by atoms with Crippen LogP contribution in [0.15, 0.2) is 36.4 Å². The van der Waals surface area contributed by atoms with Crippen LogP contribution in [0.25, 0.3) is 0 Å². The van der Waals surface area contributed by atoms with E-state index in [2.05, 4.69) is 32.2 Å². The fraction of sp³-hybridized carbons (Fsp3) is 0.333. The van der Waals surface area contributed by atoms with Crippen molar-refractivity contribution in [2.24, 2.45) is 0 Å². The van der Waals surface area contributed by atoms with E-state index in [-0.39, 0.29) is 11.9 Å². The lowest BCUT2D eigenvalue weighted by atomic mass is 9.95. The third-order valence-corrected chi connectivity index (χ3v) is 4.12. The van der Waals surface area contributed by atoms with Gasteiger partial charge in [0.05, 0.1) is 0 Å². The van der Waals surface area contributed by atoms with Crippen molar-refractivity contribution in [3.05, 3.63) is 69.5 Å². The minimum atomic E-state index is -0.206. The molecule has 0 aliphatic heterocycles. The number of aryl methyl sites for hydroxylation is 2. The SMILES string of the molecule is CCNC(Cc1ccc(F)cc1)c1cc(C)c(C)cc1Cl. The van der Waals surface area contributed by atoms with Gasteiger partial charge in [-0.15, -0.1) is 0 Å². The van der Waals surface area contributed by atoms with Gasteiger partial charge >= 0.3 is 0 Å². The Morgan fingerprint density at radius 3 is 2.33 bits per heavy atom. The summed E-state index contributed by atoms with van der Waals surface area (Å²) >= 11 is 6.42. The van der Waals surface area contributed by atoms with Crippen molar-refractivity contribution in [3.63, 3.8) is 0 Å². The zero-order valence-corrected chi connectivity index (χ0v) is 13.5. The second kappa shape index (κ2) is 7.06. The summed E-state index contributed by atoms with van der Waals surface area (Å²) in [6, 6.07) is 11.0. The Bertz CT molecular complexity index is 607. The van der Waals surface area contributed by atoms with E-state index < -0.39 is 0 Å². The number of hydrogen-bond donors (Lipinski definition) is 1. The number of halogens is 2. The lowest BCUT2D eigenvalue weighted by Gasteiger charge is -2.21. The van der Waals surface area contributed by atoms with E-state index >= 15 is 0 Å². The summed E-state index contributed by atoms with van der Waals surface area (Å²) in [6.07, 6.45) is 0.788. The fourth-order valence-electron chi connectivity index (χ4n) is 2.46. The Hall–Kier alpha value is -1.38. The summed E-state index contributed by atoms with van der Waals surface area (Å²) < 4.78 is 13.0. The average molecular weight is 306 g/mol. The van der Waals surface area contributed by atoms with Crippen molar-refractivity contribution in [1.82, 2.24) is 5.32 Å². The molecule has 2 aromatic carbocycles. The van der Waals surface area contributed by atoms with Gasteiger partial charge in [0, 0.05) is 11.1 Å². The van der Waals surface area contributed by atoms with Crippen molar-refractivity contribution in [1.29, 1.82) is 0 Å². The number of likely N-dealkylation sites (N-methyl/N-ethyl adjacent to an activating group) is 1. The third kappa shape index (κ3) is 4.05. The van der Waals surface area contributed by atoms with Crippen LogP contribution in [0.3, 0.4) is 0 Å². The van der Waals surface area contributed by atoms with Crippen LogP contribution in [-0.2, 0) is 6.42 Å². The maximum Gasteiger partial charge on any atom is 0.123 e. The van der Waals surface area contributed by atoms with Crippen molar-refractivity contribution < 1.29 is 4.39 Å². The number of rotatable bonds is 5. The molecule has 0 heterocycles. The van der Waals surface area contributed by atoms with Gasteiger partial charge in [0.15, 0.2) is 0 Å². The van der Waals surface area contributed by atoms with Crippen LogP contribution in [0.2, 0.25) is 5.02 Å². The highest BCUT2D eigenvalue weighted by Crippen LogP contribution is 2.28. The molecule has 1 nitrogen and oxygen atoms in total. The number of hydrogen-bond acceptors (Lipinski definition) is 1. The molecule has 1 N–H and O–H groups in total. The lowest BCUT2D eigenvalue weighted by Crippen LogP contribution is -2.23. The highest BCUT2D eigenvalue weighted by Gasteiger charge is 2.15. The van der Waals surface area contributed by atoms with Crippen molar-refractivity contribution in [2.75, 3.05) is 6.54 Å². The standard InChI is InChI=1S/C18H21ClFN/c1-4-21-18(11-14-5-7-15(20)8-6-14)16-9-12(2)13(3)10-17(16)19/h5-10,18,21H,4,11H2,1-3H3. The van der Waals surface area contributed by atoms with Crippen LogP contribution in [-0.4, -0.2) is 6.54 Å². The highest BCUT2D eigenvalue weighted by molar-refractivity contribution is 6.31. The molecular weight excluding hydrogens is 285 g/mol. The normalized spacial score (nSPS) is 12.4. The maximum absolute atomic E-state index is 13.0. The largest absolute Gasteiger partial charge is 0.310 e. The Morgan fingerprint density at radius 2 is 1.71 bits per heavy atom. The minimum Gasteiger partial charge on any atom is -0.310 e. The second-order valence-corrected chi connectivity index (χ2v) is 5.81.